The van der Waals surface area contributed by atoms with Crippen LogP contribution in [0.25, 0.3) is 0 Å². The Kier molecular flexibility index (Phi) is 3.04. The summed E-state index contributed by atoms with van der Waals surface area (Å²) in [5, 5.41) is 3.74. The van der Waals surface area contributed by atoms with Crippen LogP contribution in [0.5, 0.6) is 0 Å². The fourth-order valence-electron chi connectivity index (χ4n) is 2.38. The molecule has 0 saturated carbocycles. The highest BCUT2D eigenvalue weighted by Gasteiger charge is 2.45. The molecule has 1 N–H and O–H groups in total. The minimum absolute atomic E-state index is 0.118. The number of hydrogen-bond donors (Lipinski definition) is 1. The number of aromatic nitrogens is 2. The summed E-state index contributed by atoms with van der Waals surface area (Å²) in [4.78, 5) is 8.20. The van der Waals surface area contributed by atoms with Gasteiger partial charge in [-0.1, -0.05) is 11.6 Å². The average molecular weight is 256 g/mol. The van der Waals surface area contributed by atoms with Gasteiger partial charge in [-0.05, 0) is 34.1 Å². The van der Waals surface area contributed by atoms with Crippen molar-refractivity contribution < 1.29 is 4.74 Å². The third-order valence-electron chi connectivity index (χ3n) is 3.00. The molecule has 0 radical (unpaired) electrons. The molecule has 0 amide bonds. The molecule has 0 bridgehead atoms. The average Bonchev–Trinajstić information content (AvgIpc) is 2.34. The second-order valence-corrected chi connectivity index (χ2v) is 5.98. The van der Waals surface area contributed by atoms with Crippen LogP contribution in [0, 0.1) is 0 Å². The molecule has 17 heavy (non-hydrogen) atoms. The maximum atomic E-state index is 6.01. The molecule has 2 heterocycles. The Morgan fingerprint density at radius 1 is 1.35 bits per heavy atom. The molecule has 1 aromatic heterocycles. The minimum Gasteiger partial charge on any atom is -0.367 e. The lowest BCUT2D eigenvalue weighted by atomic mass is 9.94. The van der Waals surface area contributed by atoms with Crippen molar-refractivity contribution in [2.75, 3.05) is 5.32 Å². The van der Waals surface area contributed by atoms with E-state index in [9.17, 15) is 0 Å². The monoisotopic (exact) mass is 255 g/mol. The van der Waals surface area contributed by atoms with Gasteiger partial charge in [0.05, 0.1) is 29.6 Å². The van der Waals surface area contributed by atoms with Gasteiger partial charge < -0.3 is 10.1 Å². The molecule has 1 fully saturated rings. The van der Waals surface area contributed by atoms with Gasteiger partial charge in [-0.25, -0.2) is 4.98 Å². The standard InChI is InChI=1S/C12H18ClN3O/c1-11(2)5-8(12(3,4)17-11)15-10-7-14-6-9(13)16-10/h6-8H,5H2,1-4H3,(H,15,16). The van der Waals surface area contributed by atoms with Gasteiger partial charge in [0.25, 0.3) is 0 Å². The molecule has 2 rings (SSSR count). The van der Waals surface area contributed by atoms with Gasteiger partial charge in [-0.3, -0.25) is 4.98 Å². The Labute approximate surface area is 107 Å². The Bertz CT molecular complexity index is 420. The molecule has 4 nitrogen and oxygen atoms in total. The summed E-state index contributed by atoms with van der Waals surface area (Å²) in [5.74, 6) is 0.692. The molecule has 1 aliphatic heterocycles. The van der Waals surface area contributed by atoms with Crippen LogP contribution in [0.15, 0.2) is 12.4 Å². The van der Waals surface area contributed by atoms with Crippen molar-refractivity contribution in [1.29, 1.82) is 0 Å². The van der Waals surface area contributed by atoms with Crippen molar-refractivity contribution in [1.82, 2.24) is 9.97 Å². The zero-order chi connectivity index (χ0) is 12.7. The van der Waals surface area contributed by atoms with Crippen molar-refractivity contribution in [2.24, 2.45) is 0 Å². The topological polar surface area (TPSA) is 47.0 Å². The molecule has 1 unspecified atom stereocenters. The lowest BCUT2D eigenvalue weighted by Crippen LogP contribution is -2.38. The van der Waals surface area contributed by atoms with E-state index in [0.717, 1.165) is 6.42 Å². The molecule has 1 aromatic rings. The third kappa shape index (κ3) is 2.87. The Morgan fingerprint density at radius 3 is 2.59 bits per heavy atom. The second kappa shape index (κ2) is 4.10. The Morgan fingerprint density at radius 2 is 2.06 bits per heavy atom. The number of nitrogens with one attached hydrogen (secondary N) is 1. The maximum Gasteiger partial charge on any atom is 0.149 e. The van der Waals surface area contributed by atoms with Gasteiger partial charge in [-0.2, -0.15) is 0 Å². The van der Waals surface area contributed by atoms with Crippen molar-refractivity contribution in [2.45, 2.75) is 51.4 Å². The molecular weight excluding hydrogens is 238 g/mol. The van der Waals surface area contributed by atoms with Crippen LogP contribution in [0.4, 0.5) is 5.82 Å². The fourth-order valence-corrected chi connectivity index (χ4v) is 2.52. The summed E-state index contributed by atoms with van der Waals surface area (Å²) in [6, 6.07) is 0.199. The first-order valence-corrected chi connectivity index (χ1v) is 6.11. The maximum absolute atomic E-state index is 6.01. The first-order chi connectivity index (χ1) is 7.78. The van der Waals surface area contributed by atoms with Crippen LogP contribution in [0.1, 0.15) is 34.1 Å². The summed E-state index contributed by atoms with van der Waals surface area (Å²) >= 11 is 5.81. The van der Waals surface area contributed by atoms with E-state index in [1.807, 2.05) is 0 Å². The van der Waals surface area contributed by atoms with Crippen LogP contribution in [-0.4, -0.2) is 27.2 Å². The minimum atomic E-state index is -0.229. The predicted molar refractivity (Wildman–Crippen MR) is 68.3 cm³/mol. The van der Waals surface area contributed by atoms with E-state index in [0.29, 0.717) is 11.0 Å². The van der Waals surface area contributed by atoms with E-state index < -0.39 is 0 Å². The van der Waals surface area contributed by atoms with Gasteiger partial charge in [-0.15, -0.1) is 0 Å². The van der Waals surface area contributed by atoms with E-state index in [4.69, 9.17) is 16.3 Å². The first-order valence-electron chi connectivity index (χ1n) is 5.73. The molecule has 1 atom stereocenters. The number of rotatable bonds is 2. The zero-order valence-electron chi connectivity index (χ0n) is 10.6. The highest BCUT2D eigenvalue weighted by molar-refractivity contribution is 6.29. The van der Waals surface area contributed by atoms with Crippen molar-refractivity contribution >= 4 is 17.4 Å². The normalized spacial score (nSPS) is 25.8. The van der Waals surface area contributed by atoms with Crippen LogP contribution < -0.4 is 5.32 Å². The van der Waals surface area contributed by atoms with Gasteiger partial charge in [0, 0.05) is 0 Å². The highest BCUT2D eigenvalue weighted by Crippen LogP contribution is 2.38. The Balaban J connectivity index is 2.14. The number of ether oxygens (including phenoxy) is 1. The van der Waals surface area contributed by atoms with E-state index in [-0.39, 0.29) is 17.2 Å². The van der Waals surface area contributed by atoms with Crippen LogP contribution in [-0.2, 0) is 4.74 Å². The number of anilines is 1. The van der Waals surface area contributed by atoms with Crippen molar-refractivity contribution in [3.8, 4) is 0 Å². The lowest BCUT2D eigenvalue weighted by molar-refractivity contribution is -0.0662. The van der Waals surface area contributed by atoms with Crippen LogP contribution in [0.2, 0.25) is 5.15 Å². The molecule has 5 heteroatoms. The van der Waals surface area contributed by atoms with Gasteiger partial charge >= 0.3 is 0 Å². The second-order valence-electron chi connectivity index (χ2n) is 5.59. The first kappa shape index (κ1) is 12.6. The largest absolute Gasteiger partial charge is 0.367 e. The molecule has 0 spiro atoms. The molecule has 1 saturated heterocycles. The SMILES string of the molecule is CC1(C)CC(Nc2cncc(Cl)n2)C(C)(C)O1. The molecule has 94 valence electrons. The summed E-state index contributed by atoms with van der Waals surface area (Å²) in [6.45, 7) is 8.36. The number of halogens is 1. The van der Waals surface area contributed by atoms with E-state index >= 15 is 0 Å². The van der Waals surface area contributed by atoms with E-state index in [1.54, 1.807) is 6.20 Å². The van der Waals surface area contributed by atoms with Crippen molar-refractivity contribution in [3.63, 3.8) is 0 Å². The van der Waals surface area contributed by atoms with Crippen LogP contribution >= 0.6 is 11.6 Å². The predicted octanol–water partition coefficient (Wildman–Crippen LogP) is 2.89. The van der Waals surface area contributed by atoms with E-state index in [2.05, 4.69) is 43.0 Å². The van der Waals surface area contributed by atoms with E-state index in [1.165, 1.54) is 6.20 Å². The smallest absolute Gasteiger partial charge is 0.149 e. The summed E-state index contributed by atoms with van der Waals surface area (Å²) in [7, 11) is 0. The third-order valence-corrected chi connectivity index (χ3v) is 3.18. The van der Waals surface area contributed by atoms with Gasteiger partial charge in [0.1, 0.15) is 11.0 Å². The van der Waals surface area contributed by atoms with Gasteiger partial charge in [0.2, 0.25) is 0 Å². The van der Waals surface area contributed by atoms with Crippen molar-refractivity contribution in [3.05, 3.63) is 17.5 Å². The molecule has 1 aliphatic rings. The molecular formula is C12H18ClN3O. The Hall–Kier alpha value is -0.870. The van der Waals surface area contributed by atoms with Gasteiger partial charge in [0.15, 0.2) is 0 Å². The summed E-state index contributed by atoms with van der Waals surface area (Å²) < 4.78 is 6.01. The lowest BCUT2D eigenvalue weighted by Gasteiger charge is -2.27. The quantitative estimate of drug-likeness (QED) is 0.883. The highest BCUT2D eigenvalue weighted by atomic mass is 35.5. The fraction of sp³-hybridized carbons (Fsp3) is 0.667. The van der Waals surface area contributed by atoms with Crippen LogP contribution in [0.3, 0.4) is 0 Å². The molecule has 0 aliphatic carbocycles. The zero-order valence-corrected chi connectivity index (χ0v) is 11.4. The number of hydrogen-bond acceptors (Lipinski definition) is 4. The summed E-state index contributed by atoms with van der Waals surface area (Å²) in [6.07, 6.45) is 4.12. The number of nitrogens with zero attached hydrogens (tertiary/aromatic N) is 2. The summed E-state index contributed by atoms with van der Waals surface area (Å²) in [5.41, 5.74) is -0.347. The molecule has 0 aromatic carbocycles.